The van der Waals surface area contributed by atoms with Gasteiger partial charge in [-0.15, -0.1) is 11.3 Å². The van der Waals surface area contributed by atoms with Gasteiger partial charge in [0.05, 0.1) is 10.6 Å². The highest BCUT2D eigenvalue weighted by Crippen LogP contribution is 2.29. The van der Waals surface area contributed by atoms with E-state index in [2.05, 4.69) is 10.3 Å². The van der Waals surface area contributed by atoms with E-state index in [1.54, 1.807) is 24.4 Å². The van der Waals surface area contributed by atoms with Crippen molar-refractivity contribution < 1.29 is 18.5 Å². The number of nitrogens with zero attached hydrogens (tertiary/aromatic N) is 2. The maximum atomic E-state index is 13.2. The molecule has 6 nitrogen and oxygen atoms in total. The number of halogens is 2. The first kappa shape index (κ1) is 17.6. The second-order valence-electron chi connectivity index (χ2n) is 5.38. The highest BCUT2D eigenvalue weighted by atomic mass is 32.1. The van der Waals surface area contributed by atoms with E-state index in [1.165, 1.54) is 6.07 Å². The van der Waals surface area contributed by atoms with E-state index in [0.29, 0.717) is 16.8 Å². The summed E-state index contributed by atoms with van der Waals surface area (Å²) in [5.41, 5.74) is 1.45. The molecular formula is C17H11F2N3O3S. The number of nitro groups is 1. The van der Waals surface area contributed by atoms with E-state index in [9.17, 15) is 23.7 Å². The van der Waals surface area contributed by atoms with Crippen molar-refractivity contribution in [2.45, 2.75) is 6.92 Å². The fourth-order valence-corrected chi connectivity index (χ4v) is 2.95. The number of anilines is 1. The van der Waals surface area contributed by atoms with E-state index < -0.39 is 22.5 Å². The van der Waals surface area contributed by atoms with Crippen molar-refractivity contribution in [3.63, 3.8) is 0 Å². The quantitative estimate of drug-likeness (QED) is 0.535. The molecule has 0 aliphatic carbocycles. The fourth-order valence-electron chi connectivity index (χ4n) is 2.24. The van der Waals surface area contributed by atoms with Crippen LogP contribution in [0.3, 0.4) is 0 Å². The maximum Gasteiger partial charge on any atom is 0.272 e. The van der Waals surface area contributed by atoms with Gasteiger partial charge in [-0.25, -0.2) is 13.8 Å². The Morgan fingerprint density at radius 2 is 1.96 bits per heavy atom. The van der Waals surface area contributed by atoms with Crippen LogP contribution in [0.15, 0.2) is 41.8 Å². The summed E-state index contributed by atoms with van der Waals surface area (Å²) in [6.07, 6.45) is 0. The minimum Gasteiger partial charge on any atom is -0.298 e. The van der Waals surface area contributed by atoms with Crippen LogP contribution in [0, 0.1) is 28.7 Å². The highest BCUT2D eigenvalue weighted by Gasteiger charge is 2.15. The van der Waals surface area contributed by atoms with E-state index in [-0.39, 0.29) is 16.4 Å². The number of benzene rings is 2. The largest absolute Gasteiger partial charge is 0.298 e. The summed E-state index contributed by atoms with van der Waals surface area (Å²) in [6, 6.07) is 7.53. The average molecular weight is 375 g/mol. The van der Waals surface area contributed by atoms with Crippen LogP contribution in [0.4, 0.5) is 19.6 Å². The van der Waals surface area contributed by atoms with Crippen molar-refractivity contribution in [2.75, 3.05) is 5.32 Å². The van der Waals surface area contributed by atoms with Crippen LogP contribution in [-0.2, 0) is 0 Å². The molecule has 0 bridgehead atoms. The molecule has 0 radical (unpaired) electrons. The first-order valence-corrected chi connectivity index (χ1v) is 8.20. The summed E-state index contributed by atoms with van der Waals surface area (Å²) in [4.78, 5) is 26.9. The molecule has 0 aliphatic rings. The lowest BCUT2D eigenvalue weighted by Gasteiger charge is -2.02. The molecule has 1 heterocycles. The molecule has 0 saturated heterocycles. The van der Waals surface area contributed by atoms with Crippen molar-refractivity contribution in [3.05, 3.63) is 74.7 Å². The molecule has 0 spiro atoms. The maximum absolute atomic E-state index is 13.2. The Kier molecular flexibility index (Phi) is 4.72. The number of amides is 1. The molecule has 2 aromatic carbocycles. The third-order valence-electron chi connectivity index (χ3n) is 3.61. The van der Waals surface area contributed by atoms with Crippen molar-refractivity contribution in [3.8, 4) is 11.3 Å². The Bertz CT molecular complexity index is 1020. The first-order chi connectivity index (χ1) is 12.3. The van der Waals surface area contributed by atoms with Crippen LogP contribution in [0.5, 0.6) is 0 Å². The summed E-state index contributed by atoms with van der Waals surface area (Å²) in [5, 5.41) is 15.4. The Labute approximate surface area is 150 Å². The summed E-state index contributed by atoms with van der Waals surface area (Å²) >= 11 is 1.11. The van der Waals surface area contributed by atoms with Crippen LogP contribution in [-0.4, -0.2) is 15.8 Å². The molecule has 1 amide bonds. The Hall–Kier alpha value is -3.20. The lowest BCUT2D eigenvalue weighted by molar-refractivity contribution is -0.385. The van der Waals surface area contributed by atoms with Gasteiger partial charge in [0.15, 0.2) is 16.8 Å². The lowest BCUT2D eigenvalue weighted by atomic mass is 10.1. The molecule has 3 aromatic rings. The fraction of sp³-hybridized carbons (Fsp3) is 0.0588. The molecule has 0 fully saturated rings. The topological polar surface area (TPSA) is 85.1 Å². The molecule has 0 aliphatic heterocycles. The molecular weight excluding hydrogens is 364 g/mol. The summed E-state index contributed by atoms with van der Waals surface area (Å²) in [7, 11) is 0. The van der Waals surface area contributed by atoms with Gasteiger partial charge in [0.2, 0.25) is 0 Å². The smallest absolute Gasteiger partial charge is 0.272 e. The minimum atomic E-state index is -1.12. The van der Waals surface area contributed by atoms with Gasteiger partial charge in [-0.1, -0.05) is 12.1 Å². The Balaban J connectivity index is 1.82. The van der Waals surface area contributed by atoms with Crippen LogP contribution in [0.2, 0.25) is 0 Å². The molecule has 0 atom stereocenters. The minimum absolute atomic E-state index is 0.0251. The number of thiazole rings is 1. The number of aromatic nitrogens is 1. The van der Waals surface area contributed by atoms with Gasteiger partial charge in [-0.3, -0.25) is 20.2 Å². The van der Waals surface area contributed by atoms with Crippen molar-refractivity contribution in [1.82, 2.24) is 4.98 Å². The zero-order chi connectivity index (χ0) is 18.8. The molecule has 0 unspecified atom stereocenters. The van der Waals surface area contributed by atoms with E-state index in [1.807, 2.05) is 0 Å². The van der Waals surface area contributed by atoms with E-state index >= 15 is 0 Å². The number of nitrogens with one attached hydrogen (secondary N) is 1. The number of hydrogen-bond donors (Lipinski definition) is 1. The molecule has 1 aromatic heterocycles. The van der Waals surface area contributed by atoms with E-state index in [4.69, 9.17) is 0 Å². The van der Waals surface area contributed by atoms with Crippen molar-refractivity contribution in [2.24, 2.45) is 0 Å². The summed E-state index contributed by atoms with van der Waals surface area (Å²) in [6.45, 7) is 1.64. The second-order valence-corrected chi connectivity index (χ2v) is 6.24. The standard InChI is InChI=1S/C17H11F2N3O3S/c1-9-2-3-10(7-15(9)22(24)25)14-8-26-17(20-14)21-16(23)11-4-5-12(18)13(19)6-11/h2-8H,1H3,(H,20,21,23). The molecule has 132 valence electrons. The van der Waals surface area contributed by atoms with E-state index in [0.717, 1.165) is 29.5 Å². The van der Waals surface area contributed by atoms with Gasteiger partial charge < -0.3 is 0 Å². The number of hydrogen-bond acceptors (Lipinski definition) is 5. The molecule has 3 rings (SSSR count). The predicted octanol–water partition coefficient (Wildman–Crippen LogP) is 4.56. The van der Waals surface area contributed by atoms with Gasteiger partial charge in [0.1, 0.15) is 0 Å². The Morgan fingerprint density at radius 1 is 1.19 bits per heavy atom. The van der Waals surface area contributed by atoms with Gasteiger partial charge in [0.25, 0.3) is 11.6 Å². The predicted molar refractivity (Wildman–Crippen MR) is 93.3 cm³/mol. The van der Waals surface area contributed by atoms with Gasteiger partial charge >= 0.3 is 0 Å². The third-order valence-corrected chi connectivity index (χ3v) is 4.37. The number of rotatable bonds is 4. The number of carbonyl (C=O) groups excluding carboxylic acids is 1. The molecule has 0 saturated carbocycles. The molecule has 1 N–H and O–H groups in total. The van der Waals surface area contributed by atoms with Gasteiger partial charge in [-0.2, -0.15) is 0 Å². The van der Waals surface area contributed by atoms with Crippen LogP contribution >= 0.6 is 11.3 Å². The number of aryl methyl sites for hydroxylation is 1. The number of nitro benzene ring substituents is 1. The third kappa shape index (κ3) is 3.57. The van der Waals surface area contributed by atoms with Crippen molar-refractivity contribution in [1.29, 1.82) is 0 Å². The molecule has 9 heteroatoms. The van der Waals surface area contributed by atoms with Gasteiger partial charge in [-0.05, 0) is 25.1 Å². The second kappa shape index (κ2) is 6.96. The summed E-state index contributed by atoms with van der Waals surface area (Å²) < 4.78 is 26.1. The molecule has 26 heavy (non-hydrogen) atoms. The summed E-state index contributed by atoms with van der Waals surface area (Å²) in [5.74, 6) is -2.80. The van der Waals surface area contributed by atoms with Crippen LogP contribution < -0.4 is 5.32 Å². The average Bonchev–Trinajstić information content (AvgIpc) is 3.05. The SMILES string of the molecule is Cc1ccc(-c2csc(NC(=O)c3ccc(F)c(F)c3)n2)cc1[N+](=O)[O-]. The lowest BCUT2D eigenvalue weighted by Crippen LogP contribution is -2.12. The zero-order valence-electron chi connectivity index (χ0n) is 13.3. The monoisotopic (exact) mass is 375 g/mol. The Morgan fingerprint density at radius 3 is 2.65 bits per heavy atom. The first-order valence-electron chi connectivity index (χ1n) is 7.32. The number of carbonyl (C=O) groups is 1. The van der Waals surface area contributed by atoms with Crippen LogP contribution in [0.25, 0.3) is 11.3 Å². The van der Waals surface area contributed by atoms with Crippen molar-refractivity contribution >= 4 is 28.1 Å². The normalized spacial score (nSPS) is 10.6. The van der Waals surface area contributed by atoms with Gasteiger partial charge in [0, 0.05) is 28.1 Å². The zero-order valence-corrected chi connectivity index (χ0v) is 14.1. The highest BCUT2D eigenvalue weighted by molar-refractivity contribution is 7.14. The van der Waals surface area contributed by atoms with Crippen LogP contribution in [0.1, 0.15) is 15.9 Å².